The lowest BCUT2D eigenvalue weighted by molar-refractivity contribution is -0.119. The lowest BCUT2D eigenvalue weighted by atomic mass is 10.2. The minimum Gasteiger partial charge on any atom is -0.452 e. The van der Waals surface area contributed by atoms with E-state index in [0.29, 0.717) is 10.0 Å². The van der Waals surface area contributed by atoms with Gasteiger partial charge in [-0.1, -0.05) is 34.1 Å². The minimum absolute atomic E-state index is 0.0268. The van der Waals surface area contributed by atoms with Gasteiger partial charge in [-0.15, -0.1) is 0 Å². The highest BCUT2D eigenvalue weighted by atomic mass is 79.9. The number of carbonyl (C=O) groups excluding carboxylic acids is 2. The zero-order valence-corrected chi connectivity index (χ0v) is 12.4. The number of anilines is 1. The zero-order valence-electron chi connectivity index (χ0n) is 10.8. The second-order valence-electron chi connectivity index (χ2n) is 4.11. The number of carbonyl (C=O) groups is 2. The second kappa shape index (κ2) is 6.99. The average Bonchev–Trinajstić information content (AvgIpc) is 2.48. The lowest BCUT2D eigenvalue weighted by Crippen LogP contribution is -2.21. The second-order valence-corrected chi connectivity index (χ2v) is 5.03. The fraction of sp³-hybridized carbons (Fsp3) is 0.0667. The van der Waals surface area contributed by atoms with Crippen molar-refractivity contribution in [1.29, 1.82) is 0 Å². The number of benzene rings is 2. The van der Waals surface area contributed by atoms with Crippen LogP contribution < -0.4 is 5.32 Å². The first kappa shape index (κ1) is 15.2. The van der Waals surface area contributed by atoms with Crippen LogP contribution in [0.25, 0.3) is 0 Å². The number of amides is 1. The van der Waals surface area contributed by atoms with Crippen molar-refractivity contribution < 1.29 is 18.7 Å². The number of esters is 1. The topological polar surface area (TPSA) is 55.4 Å². The highest BCUT2D eigenvalue weighted by Crippen LogP contribution is 2.19. The summed E-state index contributed by atoms with van der Waals surface area (Å²) in [5.74, 6) is -1.80. The van der Waals surface area contributed by atoms with Gasteiger partial charge in [0.2, 0.25) is 0 Å². The molecule has 21 heavy (non-hydrogen) atoms. The van der Waals surface area contributed by atoms with E-state index in [2.05, 4.69) is 21.2 Å². The predicted octanol–water partition coefficient (Wildman–Crippen LogP) is 3.38. The average molecular weight is 352 g/mol. The van der Waals surface area contributed by atoms with Crippen molar-refractivity contribution in [2.75, 3.05) is 11.9 Å². The van der Waals surface area contributed by atoms with Crippen molar-refractivity contribution in [3.63, 3.8) is 0 Å². The molecule has 6 heteroatoms. The van der Waals surface area contributed by atoms with Gasteiger partial charge in [0, 0.05) is 4.47 Å². The van der Waals surface area contributed by atoms with E-state index >= 15 is 0 Å². The van der Waals surface area contributed by atoms with E-state index in [1.807, 2.05) is 0 Å². The molecule has 0 aliphatic rings. The van der Waals surface area contributed by atoms with Gasteiger partial charge in [0.1, 0.15) is 5.82 Å². The Kier molecular flexibility index (Phi) is 5.05. The molecular weight excluding hydrogens is 341 g/mol. The summed E-state index contributed by atoms with van der Waals surface area (Å²) in [6.07, 6.45) is 0. The summed E-state index contributed by atoms with van der Waals surface area (Å²) in [5, 5.41) is 2.33. The summed E-state index contributed by atoms with van der Waals surface area (Å²) in [5.41, 5.74) is 0.374. The number of rotatable bonds is 4. The fourth-order valence-corrected chi connectivity index (χ4v) is 1.90. The Balaban J connectivity index is 1.89. The van der Waals surface area contributed by atoms with Gasteiger partial charge >= 0.3 is 5.97 Å². The molecule has 0 aliphatic heterocycles. The number of ether oxygens (including phenoxy) is 1. The SMILES string of the molecule is O=C(COC(=O)c1ccccc1)Nc1ccc(Br)cc1F. The van der Waals surface area contributed by atoms with Gasteiger partial charge in [0.05, 0.1) is 11.3 Å². The Hall–Kier alpha value is -2.21. The summed E-state index contributed by atoms with van der Waals surface area (Å²) in [6, 6.07) is 12.5. The van der Waals surface area contributed by atoms with E-state index in [-0.39, 0.29) is 5.69 Å². The Morgan fingerprint density at radius 1 is 1.14 bits per heavy atom. The largest absolute Gasteiger partial charge is 0.452 e. The van der Waals surface area contributed by atoms with Crippen LogP contribution >= 0.6 is 15.9 Å². The molecule has 0 aromatic heterocycles. The molecule has 0 saturated carbocycles. The van der Waals surface area contributed by atoms with Gasteiger partial charge in [-0.25, -0.2) is 9.18 Å². The Morgan fingerprint density at radius 2 is 1.86 bits per heavy atom. The van der Waals surface area contributed by atoms with Crippen molar-refractivity contribution >= 4 is 33.5 Å². The van der Waals surface area contributed by atoms with Crippen LogP contribution in [0.4, 0.5) is 10.1 Å². The zero-order chi connectivity index (χ0) is 15.2. The Morgan fingerprint density at radius 3 is 2.52 bits per heavy atom. The molecule has 4 nitrogen and oxygen atoms in total. The highest BCUT2D eigenvalue weighted by Gasteiger charge is 2.11. The highest BCUT2D eigenvalue weighted by molar-refractivity contribution is 9.10. The monoisotopic (exact) mass is 351 g/mol. The third-order valence-corrected chi connectivity index (χ3v) is 3.04. The molecule has 0 spiro atoms. The van der Waals surface area contributed by atoms with Crippen LogP contribution in [-0.2, 0) is 9.53 Å². The third-order valence-electron chi connectivity index (χ3n) is 2.55. The number of halogens is 2. The number of nitrogens with one attached hydrogen (secondary N) is 1. The summed E-state index contributed by atoms with van der Waals surface area (Å²) < 4.78 is 18.9. The van der Waals surface area contributed by atoms with E-state index < -0.39 is 24.3 Å². The Labute approximate surface area is 129 Å². The molecule has 0 unspecified atom stereocenters. The van der Waals surface area contributed by atoms with E-state index in [1.54, 1.807) is 36.4 Å². The van der Waals surface area contributed by atoms with Gasteiger partial charge in [-0.3, -0.25) is 4.79 Å². The van der Waals surface area contributed by atoms with Crippen molar-refractivity contribution in [3.8, 4) is 0 Å². The van der Waals surface area contributed by atoms with Crippen LogP contribution in [0.5, 0.6) is 0 Å². The summed E-state index contributed by atoms with van der Waals surface area (Å²) in [7, 11) is 0. The maximum Gasteiger partial charge on any atom is 0.338 e. The smallest absolute Gasteiger partial charge is 0.338 e. The van der Waals surface area contributed by atoms with Gasteiger partial charge in [-0.05, 0) is 30.3 Å². The van der Waals surface area contributed by atoms with E-state index in [9.17, 15) is 14.0 Å². The van der Waals surface area contributed by atoms with Gasteiger partial charge in [0.25, 0.3) is 5.91 Å². The minimum atomic E-state index is -0.611. The van der Waals surface area contributed by atoms with Crippen molar-refractivity contribution in [2.24, 2.45) is 0 Å². The first-order valence-electron chi connectivity index (χ1n) is 6.03. The summed E-state index contributed by atoms with van der Waals surface area (Å²) >= 11 is 3.12. The van der Waals surface area contributed by atoms with E-state index in [4.69, 9.17) is 4.74 Å². The molecule has 108 valence electrons. The molecule has 2 aromatic rings. The lowest BCUT2D eigenvalue weighted by Gasteiger charge is -2.07. The van der Waals surface area contributed by atoms with Gasteiger partial charge in [-0.2, -0.15) is 0 Å². The third kappa shape index (κ3) is 4.39. The first-order chi connectivity index (χ1) is 10.1. The van der Waals surface area contributed by atoms with Crippen LogP contribution in [0.15, 0.2) is 53.0 Å². The molecule has 0 heterocycles. The summed E-state index contributed by atoms with van der Waals surface area (Å²) in [4.78, 5) is 23.2. The molecule has 1 amide bonds. The van der Waals surface area contributed by atoms with Crippen LogP contribution in [-0.4, -0.2) is 18.5 Å². The number of hydrogen-bond acceptors (Lipinski definition) is 3. The van der Waals surface area contributed by atoms with Gasteiger partial charge < -0.3 is 10.1 Å². The molecule has 0 bridgehead atoms. The maximum absolute atomic E-state index is 13.5. The molecule has 0 saturated heterocycles. The van der Waals surface area contributed by atoms with Crippen molar-refractivity contribution in [1.82, 2.24) is 0 Å². The Bertz CT molecular complexity index is 661. The van der Waals surface area contributed by atoms with Crippen molar-refractivity contribution in [2.45, 2.75) is 0 Å². The molecule has 0 atom stereocenters. The summed E-state index contributed by atoms with van der Waals surface area (Å²) in [6.45, 7) is -0.483. The maximum atomic E-state index is 13.5. The van der Waals surface area contributed by atoms with Crippen LogP contribution in [0, 0.1) is 5.82 Å². The molecular formula is C15H11BrFNO3. The van der Waals surface area contributed by atoms with Gasteiger partial charge in [0.15, 0.2) is 6.61 Å². The molecule has 2 aromatic carbocycles. The predicted molar refractivity (Wildman–Crippen MR) is 79.5 cm³/mol. The molecule has 0 aliphatic carbocycles. The molecule has 0 fully saturated rings. The molecule has 2 rings (SSSR count). The van der Waals surface area contributed by atoms with Crippen LogP contribution in [0.2, 0.25) is 0 Å². The quantitative estimate of drug-likeness (QED) is 0.859. The fourth-order valence-electron chi connectivity index (χ4n) is 1.57. The van der Waals surface area contributed by atoms with E-state index in [1.165, 1.54) is 12.1 Å². The van der Waals surface area contributed by atoms with E-state index in [0.717, 1.165) is 0 Å². The first-order valence-corrected chi connectivity index (χ1v) is 6.82. The molecule has 0 radical (unpaired) electrons. The standard InChI is InChI=1S/C15H11BrFNO3/c16-11-6-7-13(12(17)8-11)18-14(19)9-21-15(20)10-4-2-1-3-5-10/h1-8H,9H2,(H,18,19). The number of hydrogen-bond donors (Lipinski definition) is 1. The van der Waals surface area contributed by atoms with Crippen LogP contribution in [0.1, 0.15) is 10.4 Å². The van der Waals surface area contributed by atoms with Crippen molar-refractivity contribution in [3.05, 3.63) is 64.4 Å². The normalized spacial score (nSPS) is 10.0. The molecule has 1 N–H and O–H groups in total. The van der Waals surface area contributed by atoms with Crippen LogP contribution in [0.3, 0.4) is 0 Å².